The molecule has 0 radical (unpaired) electrons. The van der Waals surface area contributed by atoms with Gasteiger partial charge in [-0.05, 0) is 35.6 Å². The first-order valence-corrected chi connectivity index (χ1v) is 12.4. The lowest BCUT2D eigenvalue weighted by atomic mass is 10.1. The van der Waals surface area contributed by atoms with Gasteiger partial charge in [0.15, 0.2) is 5.75 Å². The third-order valence-electron chi connectivity index (χ3n) is 5.68. The molecule has 0 aliphatic heterocycles. The van der Waals surface area contributed by atoms with Crippen molar-refractivity contribution >= 4 is 38.2 Å². The summed E-state index contributed by atoms with van der Waals surface area (Å²) in [5.41, 5.74) is 1.60. The summed E-state index contributed by atoms with van der Waals surface area (Å²) in [7, 11) is 1.76. The number of thiophene rings is 1. The van der Waals surface area contributed by atoms with Crippen LogP contribution in [0.2, 0.25) is 0 Å². The first-order valence-electron chi connectivity index (χ1n) is 11.6. The van der Waals surface area contributed by atoms with Crippen LogP contribution in [0.15, 0.2) is 53.6 Å². The molecule has 0 saturated carbocycles. The molecule has 0 saturated heterocycles. The summed E-state index contributed by atoms with van der Waals surface area (Å²) in [6, 6.07) is 11.5. The maximum atomic E-state index is 13.9. The smallest absolute Gasteiger partial charge is 0.267 e. The molecule has 0 aliphatic carbocycles. The standard InChI is InChI=1S/C27H31N3O3S/c1-17(2)14-30(15-18(3)4)27(32)25-23(33-16-19-10-12-28-13-11-19)22-24(34-25)20-8-6-7-9-21(20)29(5)26(22)31/h6-13,17-18H,14-16H2,1-5H3. The fraction of sp³-hybridized carbons (Fsp3) is 0.370. The van der Waals surface area contributed by atoms with Crippen LogP contribution in [0.1, 0.15) is 42.9 Å². The minimum absolute atomic E-state index is 0.0838. The molecule has 6 nitrogen and oxygen atoms in total. The lowest BCUT2D eigenvalue weighted by Crippen LogP contribution is -2.36. The second kappa shape index (κ2) is 9.97. The average molecular weight is 478 g/mol. The number of carbonyl (C=O) groups is 1. The molecule has 0 spiro atoms. The molecule has 1 aromatic carbocycles. The van der Waals surface area contributed by atoms with Crippen molar-refractivity contribution in [3.63, 3.8) is 0 Å². The van der Waals surface area contributed by atoms with E-state index < -0.39 is 0 Å². The van der Waals surface area contributed by atoms with Gasteiger partial charge in [-0.25, -0.2) is 0 Å². The van der Waals surface area contributed by atoms with E-state index in [4.69, 9.17) is 4.74 Å². The van der Waals surface area contributed by atoms with Crippen molar-refractivity contribution in [1.82, 2.24) is 14.5 Å². The van der Waals surface area contributed by atoms with Gasteiger partial charge in [0.1, 0.15) is 16.9 Å². The van der Waals surface area contributed by atoms with Gasteiger partial charge in [0, 0.05) is 37.9 Å². The van der Waals surface area contributed by atoms with Crippen molar-refractivity contribution in [3.8, 4) is 5.75 Å². The van der Waals surface area contributed by atoms with E-state index in [9.17, 15) is 9.59 Å². The van der Waals surface area contributed by atoms with Crippen LogP contribution < -0.4 is 10.3 Å². The van der Waals surface area contributed by atoms with Crippen molar-refractivity contribution in [2.24, 2.45) is 18.9 Å². The number of ether oxygens (including phenoxy) is 1. The van der Waals surface area contributed by atoms with Crippen LogP contribution in [0, 0.1) is 11.8 Å². The molecule has 7 heteroatoms. The molecular weight excluding hydrogens is 446 g/mol. The van der Waals surface area contributed by atoms with Crippen LogP contribution in [0.25, 0.3) is 21.0 Å². The summed E-state index contributed by atoms with van der Waals surface area (Å²) >= 11 is 1.36. The molecule has 0 unspecified atom stereocenters. The highest BCUT2D eigenvalue weighted by molar-refractivity contribution is 7.22. The van der Waals surface area contributed by atoms with Crippen molar-refractivity contribution in [3.05, 3.63) is 69.6 Å². The summed E-state index contributed by atoms with van der Waals surface area (Å²) in [4.78, 5) is 33.8. The zero-order valence-electron chi connectivity index (χ0n) is 20.4. The Morgan fingerprint density at radius 2 is 1.71 bits per heavy atom. The number of benzene rings is 1. The number of amides is 1. The molecule has 178 valence electrons. The second-order valence-corrected chi connectivity index (χ2v) is 10.5. The monoisotopic (exact) mass is 477 g/mol. The van der Waals surface area contributed by atoms with E-state index in [1.165, 1.54) is 11.3 Å². The molecule has 0 N–H and O–H groups in total. The summed E-state index contributed by atoms with van der Waals surface area (Å²) in [6.45, 7) is 9.97. The molecule has 34 heavy (non-hydrogen) atoms. The molecule has 0 atom stereocenters. The normalized spacial score (nSPS) is 11.6. The Kier molecular flexibility index (Phi) is 7.03. The number of hydrogen-bond acceptors (Lipinski definition) is 5. The van der Waals surface area contributed by atoms with E-state index in [-0.39, 0.29) is 18.1 Å². The molecule has 0 aliphatic rings. The molecule has 4 rings (SSSR count). The molecule has 0 bridgehead atoms. The largest absolute Gasteiger partial charge is 0.486 e. The topological polar surface area (TPSA) is 64.4 Å². The van der Waals surface area contributed by atoms with Gasteiger partial charge in [0.05, 0.1) is 10.2 Å². The zero-order valence-corrected chi connectivity index (χ0v) is 21.2. The number of para-hydroxylation sites is 1. The van der Waals surface area contributed by atoms with Crippen LogP contribution >= 0.6 is 11.3 Å². The number of aryl methyl sites for hydroxylation is 1. The van der Waals surface area contributed by atoms with Crippen molar-refractivity contribution in [2.75, 3.05) is 13.1 Å². The van der Waals surface area contributed by atoms with Gasteiger partial charge in [-0.3, -0.25) is 14.6 Å². The number of aromatic nitrogens is 2. The Balaban J connectivity index is 1.92. The third kappa shape index (κ3) is 4.71. The van der Waals surface area contributed by atoms with Gasteiger partial charge in [-0.2, -0.15) is 0 Å². The number of rotatable bonds is 8. The van der Waals surface area contributed by atoms with Gasteiger partial charge in [-0.15, -0.1) is 11.3 Å². The van der Waals surface area contributed by atoms with Gasteiger partial charge in [-0.1, -0.05) is 45.9 Å². The van der Waals surface area contributed by atoms with Gasteiger partial charge in [0.25, 0.3) is 11.5 Å². The van der Waals surface area contributed by atoms with Crippen LogP contribution in [0.4, 0.5) is 0 Å². The maximum absolute atomic E-state index is 13.9. The minimum atomic E-state index is -0.159. The summed E-state index contributed by atoms with van der Waals surface area (Å²) in [5.74, 6) is 0.948. The fourth-order valence-corrected chi connectivity index (χ4v) is 5.45. The quantitative estimate of drug-likeness (QED) is 0.337. The van der Waals surface area contributed by atoms with Crippen molar-refractivity contribution in [1.29, 1.82) is 0 Å². The molecule has 0 fully saturated rings. The molecule has 3 aromatic heterocycles. The molecular formula is C27H31N3O3S. The summed E-state index contributed by atoms with van der Waals surface area (Å²) in [6.07, 6.45) is 3.41. The average Bonchev–Trinajstić information content (AvgIpc) is 3.20. The van der Waals surface area contributed by atoms with E-state index >= 15 is 0 Å². The highest BCUT2D eigenvalue weighted by Gasteiger charge is 2.28. The van der Waals surface area contributed by atoms with E-state index in [2.05, 4.69) is 32.7 Å². The molecule has 1 amide bonds. The van der Waals surface area contributed by atoms with Crippen LogP contribution in [0.5, 0.6) is 5.75 Å². The first kappa shape index (κ1) is 24.0. The minimum Gasteiger partial charge on any atom is -0.486 e. The number of fused-ring (bicyclic) bond motifs is 3. The van der Waals surface area contributed by atoms with E-state index in [0.717, 1.165) is 21.2 Å². The van der Waals surface area contributed by atoms with Crippen LogP contribution in [-0.4, -0.2) is 33.4 Å². The lowest BCUT2D eigenvalue weighted by Gasteiger charge is -2.26. The highest BCUT2D eigenvalue weighted by atomic mass is 32.1. The zero-order chi connectivity index (χ0) is 24.4. The summed E-state index contributed by atoms with van der Waals surface area (Å²) in [5, 5.41) is 1.41. The maximum Gasteiger partial charge on any atom is 0.267 e. The predicted octanol–water partition coefficient (Wildman–Crippen LogP) is 5.48. The lowest BCUT2D eigenvalue weighted by molar-refractivity contribution is 0.0716. The second-order valence-electron chi connectivity index (χ2n) is 9.49. The predicted molar refractivity (Wildman–Crippen MR) is 139 cm³/mol. The Hall–Kier alpha value is -3.19. The molecule has 3 heterocycles. The van der Waals surface area contributed by atoms with E-state index in [1.807, 2.05) is 41.3 Å². The Morgan fingerprint density at radius 1 is 1.06 bits per heavy atom. The number of pyridine rings is 2. The fourth-order valence-electron chi connectivity index (χ4n) is 4.21. The highest BCUT2D eigenvalue weighted by Crippen LogP contribution is 2.40. The number of hydrogen-bond donors (Lipinski definition) is 0. The van der Waals surface area contributed by atoms with Gasteiger partial charge < -0.3 is 14.2 Å². The third-order valence-corrected chi connectivity index (χ3v) is 6.87. The van der Waals surface area contributed by atoms with Crippen LogP contribution in [0.3, 0.4) is 0 Å². The number of nitrogens with zero attached hydrogens (tertiary/aromatic N) is 3. The Labute approximate surface area is 203 Å². The van der Waals surface area contributed by atoms with Gasteiger partial charge in [0.2, 0.25) is 0 Å². The SMILES string of the molecule is CC(C)CN(CC(C)C)C(=O)c1sc2c(c1OCc1ccncc1)c(=O)n(C)c1ccccc21. The van der Waals surface area contributed by atoms with E-state index in [0.29, 0.717) is 40.9 Å². The Bertz CT molecular complexity index is 1360. The van der Waals surface area contributed by atoms with E-state index in [1.54, 1.807) is 24.0 Å². The van der Waals surface area contributed by atoms with Crippen molar-refractivity contribution in [2.45, 2.75) is 34.3 Å². The number of carbonyl (C=O) groups excluding carboxylic acids is 1. The van der Waals surface area contributed by atoms with Crippen LogP contribution in [-0.2, 0) is 13.7 Å². The van der Waals surface area contributed by atoms with Crippen molar-refractivity contribution < 1.29 is 9.53 Å². The Morgan fingerprint density at radius 3 is 2.35 bits per heavy atom. The first-order chi connectivity index (χ1) is 16.3. The molecule has 4 aromatic rings. The van der Waals surface area contributed by atoms with Gasteiger partial charge >= 0.3 is 0 Å². The summed E-state index contributed by atoms with van der Waals surface area (Å²) < 4.78 is 8.69.